The van der Waals surface area contributed by atoms with Gasteiger partial charge in [-0.05, 0) is 41.9 Å². The van der Waals surface area contributed by atoms with Crippen LogP contribution in [-0.2, 0) is 9.47 Å². The van der Waals surface area contributed by atoms with E-state index in [2.05, 4.69) is 20.9 Å². The van der Waals surface area contributed by atoms with Gasteiger partial charge in [0.2, 0.25) is 0 Å². The van der Waals surface area contributed by atoms with Crippen LogP contribution in [0.5, 0.6) is 17.2 Å². The minimum atomic E-state index is -0.470. The molecule has 0 aliphatic carbocycles. The van der Waals surface area contributed by atoms with Gasteiger partial charge in [0.05, 0.1) is 38.3 Å². The Morgan fingerprint density at radius 1 is 1.11 bits per heavy atom. The summed E-state index contributed by atoms with van der Waals surface area (Å²) in [7, 11) is 4.59. The number of aromatic nitrogens is 1. The van der Waals surface area contributed by atoms with Crippen molar-refractivity contribution in [2.45, 2.75) is 13.8 Å². The highest BCUT2D eigenvalue weighted by molar-refractivity contribution is 9.10. The van der Waals surface area contributed by atoms with Crippen molar-refractivity contribution < 1.29 is 28.5 Å². The third kappa shape index (κ3) is 4.51. The Kier molecular flexibility index (Phi) is 7.44. The second-order valence-electron chi connectivity index (χ2n) is 5.43. The Bertz CT molecular complexity index is 824. The van der Waals surface area contributed by atoms with Gasteiger partial charge < -0.3 is 23.7 Å². The molecular formula is C19H22BrNO6. The van der Waals surface area contributed by atoms with Crippen LogP contribution in [-0.4, -0.2) is 45.7 Å². The molecular weight excluding hydrogens is 418 g/mol. The van der Waals surface area contributed by atoms with E-state index >= 15 is 0 Å². The standard InChI is InChI=1S/C19H22BrNO6/c1-6-26-19(22)17-11(2)16(25-5)9-21-18(17)12-7-14(24-4)15(8-13(12)20)27-10-23-3/h7-9H,6,10H2,1-5H3. The number of hydrogen-bond acceptors (Lipinski definition) is 7. The van der Waals surface area contributed by atoms with E-state index in [9.17, 15) is 4.79 Å². The largest absolute Gasteiger partial charge is 0.495 e. The Morgan fingerprint density at radius 3 is 2.41 bits per heavy atom. The highest BCUT2D eigenvalue weighted by Crippen LogP contribution is 2.40. The number of carbonyl (C=O) groups excluding carboxylic acids is 1. The first kappa shape index (κ1) is 21.0. The quantitative estimate of drug-likeness (QED) is 0.454. The topological polar surface area (TPSA) is 76.1 Å². The minimum absolute atomic E-state index is 0.0795. The fourth-order valence-electron chi connectivity index (χ4n) is 2.56. The number of nitrogens with zero attached hydrogens (tertiary/aromatic N) is 1. The van der Waals surface area contributed by atoms with Crippen molar-refractivity contribution >= 4 is 21.9 Å². The molecule has 146 valence electrons. The number of hydrogen-bond donors (Lipinski definition) is 0. The fraction of sp³-hybridized carbons (Fsp3) is 0.368. The lowest BCUT2D eigenvalue weighted by Crippen LogP contribution is -2.11. The van der Waals surface area contributed by atoms with Crippen LogP contribution in [0.4, 0.5) is 0 Å². The van der Waals surface area contributed by atoms with Gasteiger partial charge in [0.25, 0.3) is 0 Å². The van der Waals surface area contributed by atoms with Crippen molar-refractivity contribution in [1.82, 2.24) is 4.98 Å². The number of esters is 1. The predicted octanol–water partition coefficient (Wildman–Crippen LogP) is 4.00. The average molecular weight is 440 g/mol. The van der Waals surface area contributed by atoms with Crippen molar-refractivity contribution in [3.63, 3.8) is 0 Å². The average Bonchev–Trinajstić information content (AvgIpc) is 2.66. The van der Waals surface area contributed by atoms with Crippen LogP contribution in [0.3, 0.4) is 0 Å². The number of benzene rings is 1. The molecule has 0 saturated heterocycles. The maximum atomic E-state index is 12.6. The number of rotatable bonds is 8. The van der Waals surface area contributed by atoms with Gasteiger partial charge >= 0.3 is 5.97 Å². The van der Waals surface area contributed by atoms with Gasteiger partial charge in [-0.1, -0.05) is 0 Å². The molecule has 2 aromatic rings. The van der Waals surface area contributed by atoms with E-state index in [0.29, 0.717) is 44.1 Å². The second kappa shape index (κ2) is 9.57. The van der Waals surface area contributed by atoms with Crippen LogP contribution in [0.1, 0.15) is 22.8 Å². The van der Waals surface area contributed by atoms with Crippen molar-refractivity contribution in [1.29, 1.82) is 0 Å². The summed E-state index contributed by atoms with van der Waals surface area (Å²) in [4.78, 5) is 17.0. The molecule has 0 bridgehead atoms. The van der Waals surface area contributed by atoms with Crippen LogP contribution < -0.4 is 14.2 Å². The monoisotopic (exact) mass is 439 g/mol. The van der Waals surface area contributed by atoms with Crippen LogP contribution in [0.25, 0.3) is 11.3 Å². The number of carbonyl (C=O) groups is 1. The van der Waals surface area contributed by atoms with Gasteiger partial charge in [-0.25, -0.2) is 4.79 Å². The van der Waals surface area contributed by atoms with E-state index in [4.69, 9.17) is 23.7 Å². The van der Waals surface area contributed by atoms with Crippen LogP contribution >= 0.6 is 15.9 Å². The Morgan fingerprint density at radius 2 is 1.81 bits per heavy atom. The lowest BCUT2D eigenvalue weighted by Gasteiger charge is -2.17. The van der Waals surface area contributed by atoms with Crippen LogP contribution in [0, 0.1) is 6.92 Å². The maximum absolute atomic E-state index is 12.6. The molecule has 0 N–H and O–H groups in total. The van der Waals surface area contributed by atoms with Gasteiger partial charge in [-0.3, -0.25) is 4.98 Å². The molecule has 2 rings (SSSR count). The van der Waals surface area contributed by atoms with Crippen molar-refractivity contribution in [3.8, 4) is 28.5 Å². The van der Waals surface area contributed by atoms with E-state index in [0.717, 1.165) is 0 Å². The van der Waals surface area contributed by atoms with Crippen molar-refractivity contribution in [2.24, 2.45) is 0 Å². The van der Waals surface area contributed by atoms with E-state index in [1.165, 1.54) is 21.3 Å². The first-order valence-electron chi connectivity index (χ1n) is 8.18. The molecule has 0 unspecified atom stereocenters. The molecule has 1 aromatic heterocycles. The maximum Gasteiger partial charge on any atom is 0.340 e. The number of pyridine rings is 1. The zero-order chi connectivity index (χ0) is 20.0. The summed E-state index contributed by atoms with van der Waals surface area (Å²) < 4.78 is 27.1. The molecule has 0 radical (unpaired) electrons. The molecule has 0 fully saturated rings. The summed E-state index contributed by atoms with van der Waals surface area (Å²) in [6, 6.07) is 3.48. The first-order chi connectivity index (χ1) is 13.0. The van der Waals surface area contributed by atoms with Gasteiger partial charge in [-0.2, -0.15) is 0 Å². The van der Waals surface area contributed by atoms with Gasteiger partial charge in [0, 0.05) is 22.7 Å². The zero-order valence-corrected chi connectivity index (χ0v) is 17.5. The summed E-state index contributed by atoms with van der Waals surface area (Å²) in [5.41, 5.74) is 2.09. The third-order valence-electron chi connectivity index (χ3n) is 3.83. The number of halogens is 1. The van der Waals surface area contributed by atoms with E-state index in [1.54, 1.807) is 32.2 Å². The molecule has 1 heterocycles. The normalized spacial score (nSPS) is 10.4. The van der Waals surface area contributed by atoms with Crippen molar-refractivity contribution in [3.05, 3.63) is 33.9 Å². The fourth-order valence-corrected chi connectivity index (χ4v) is 3.07. The number of methoxy groups -OCH3 is 3. The smallest absolute Gasteiger partial charge is 0.340 e. The van der Waals surface area contributed by atoms with Crippen LogP contribution in [0.15, 0.2) is 22.8 Å². The van der Waals surface area contributed by atoms with E-state index < -0.39 is 5.97 Å². The molecule has 0 atom stereocenters. The van der Waals surface area contributed by atoms with Gasteiger partial charge in [-0.15, -0.1) is 0 Å². The minimum Gasteiger partial charge on any atom is -0.495 e. The van der Waals surface area contributed by atoms with Crippen LogP contribution in [0.2, 0.25) is 0 Å². The molecule has 0 amide bonds. The molecule has 0 aliphatic heterocycles. The Hall–Kier alpha value is -2.32. The molecule has 0 spiro atoms. The Labute approximate surface area is 166 Å². The number of ether oxygens (including phenoxy) is 5. The summed E-state index contributed by atoms with van der Waals surface area (Å²) in [6.07, 6.45) is 1.57. The molecule has 0 saturated carbocycles. The lowest BCUT2D eigenvalue weighted by atomic mass is 10.0. The lowest BCUT2D eigenvalue weighted by molar-refractivity contribution is 0.0491. The molecule has 1 aromatic carbocycles. The SMILES string of the molecule is CCOC(=O)c1c(-c2cc(OC)c(OCOC)cc2Br)ncc(OC)c1C. The summed E-state index contributed by atoms with van der Waals surface area (Å²) >= 11 is 3.52. The first-order valence-corrected chi connectivity index (χ1v) is 8.98. The Balaban J connectivity index is 2.66. The molecule has 0 aliphatic rings. The van der Waals surface area contributed by atoms with E-state index in [-0.39, 0.29) is 13.4 Å². The summed E-state index contributed by atoms with van der Waals surface area (Å²) in [5, 5.41) is 0. The highest BCUT2D eigenvalue weighted by Gasteiger charge is 2.24. The predicted molar refractivity (Wildman–Crippen MR) is 104 cm³/mol. The highest BCUT2D eigenvalue weighted by atomic mass is 79.9. The van der Waals surface area contributed by atoms with E-state index in [1.807, 2.05) is 0 Å². The van der Waals surface area contributed by atoms with Gasteiger partial charge in [0.15, 0.2) is 18.3 Å². The van der Waals surface area contributed by atoms with Crippen molar-refractivity contribution in [2.75, 3.05) is 34.7 Å². The summed E-state index contributed by atoms with van der Waals surface area (Å²) in [6.45, 7) is 3.87. The third-order valence-corrected chi connectivity index (χ3v) is 4.49. The summed E-state index contributed by atoms with van der Waals surface area (Å²) in [5.74, 6) is 1.01. The molecule has 27 heavy (non-hydrogen) atoms. The zero-order valence-electron chi connectivity index (χ0n) is 15.9. The second-order valence-corrected chi connectivity index (χ2v) is 6.28. The molecule has 8 heteroatoms. The molecule has 7 nitrogen and oxygen atoms in total. The van der Waals surface area contributed by atoms with Gasteiger partial charge in [0.1, 0.15) is 5.75 Å².